The molecule has 0 unspecified atom stereocenters. The summed E-state index contributed by atoms with van der Waals surface area (Å²) in [6.07, 6.45) is 7.77. The zero-order chi connectivity index (χ0) is 55.8. The van der Waals surface area contributed by atoms with E-state index in [2.05, 4.69) is 15.6 Å². The van der Waals surface area contributed by atoms with Gasteiger partial charge in [0.2, 0.25) is 5.91 Å². The van der Waals surface area contributed by atoms with Crippen LogP contribution in [0.4, 0.5) is 10.5 Å². The monoisotopic (exact) mass is 1120 g/mol. The molecule has 0 saturated heterocycles. The number of hydrogen-bond donors (Lipinski definition) is 3. The standard InChI is InChI=1S/C53H85N7O17S/c1-4-15-60(52(64)45-38-44-9-10-46(78-58(2)3)40-47(44)57-48(54)39-45)77-17-14-56-53(65)76-37-36-75-35-34-74-33-32-73-31-30-72-29-28-71-27-26-70-25-24-69-23-22-68-21-20-67-19-18-66-16-13-55-51(63)43-7-5-42(6-8-43)41-59-49(61)11-12-50(59)62/h9-12,38,40,42-43H,4-8,13-37,39,41H2,1-3H3,(H2,54,57)(H,55,63)(H,56,65). The molecule has 4 N–H and O–H groups in total. The van der Waals surface area contributed by atoms with Crippen LogP contribution in [0.2, 0.25) is 0 Å². The lowest BCUT2D eigenvalue weighted by Crippen LogP contribution is -2.39. The summed E-state index contributed by atoms with van der Waals surface area (Å²) in [5, 5.41) is 6.84. The van der Waals surface area contributed by atoms with E-state index in [0.29, 0.717) is 169 Å². The van der Waals surface area contributed by atoms with E-state index in [1.165, 1.54) is 22.1 Å². The second-order valence-electron chi connectivity index (χ2n) is 18.1. The molecule has 5 amide bonds. The van der Waals surface area contributed by atoms with Gasteiger partial charge in [-0.3, -0.25) is 33.2 Å². The van der Waals surface area contributed by atoms with E-state index in [0.717, 1.165) is 36.1 Å². The number of carbonyl (C=O) groups is 5. The maximum atomic E-state index is 13.5. The zero-order valence-electron chi connectivity index (χ0n) is 46.0. The van der Waals surface area contributed by atoms with Crippen LogP contribution < -0.4 is 16.4 Å². The van der Waals surface area contributed by atoms with Crippen LogP contribution in [-0.4, -0.2) is 235 Å². The average molecular weight is 1120 g/mol. The fourth-order valence-electron chi connectivity index (χ4n) is 7.87. The van der Waals surface area contributed by atoms with E-state index in [1.807, 2.05) is 43.5 Å². The van der Waals surface area contributed by atoms with E-state index in [1.54, 1.807) is 18.0 Å². The third-order valence-corrected chi connectivity index (χ3v) is 12.5. The molecule has 0 radical (unpaired) electrons. The third-order valence-electron chi connectivity index (χ3n) is 11.7. The topological polar surface area (TPSA) is 268 Å². The molecule has 1 aromatic rings. The number of fused-ring (bicyclic) bond motifs is 1. The maximum Gasteiger partial charge on any atom is 0.407 e. The molecular weight excluding hydrogens is 1040 g/mol. The van der Waals surface area contributed by atoms with Crippen LogP contribution in [0.25, 0.3) is 6.08 Å². The number of amidine groups is 1. The Bertz CT molecular complexity index is 1970. The van der Waals surface area contributed by atoms with E-state index >= 15 is 0 Å². The lowest BCUT2D eigenvalue weighted by molar-refractivity contribution is -0.181. The molecule has 0 aromatic heterocycles. The lowest BCUT2D eigenvalue weighted by atomic mass is 9.81. The molecule has 2 aliphatic heterocycles. The Morgan fingerprint density at radius 1 is 0.654 bits per heavy atom. The van der Waals surface area contributed by atoms with Gasteiger partial charge in [-0.25, -0.2) is 14.9 Å². The highest BCUT2D eigenvalue weighted by Crippen LogP contribution is 2.33. The molecule has 0 atom stereocenters. The molecule has 3 aliphatic rings. The molecule has 1 aromatic carbocycles. The number of benzene rings is 1. The minimum Gasteiger partial charge on any atom is -0.447 e. The predicted molar refractivity (Wildman–Crippen MR) is 290 cm³/mol. The summed E-state index contributed by atoms with van der Waals surface area (Å²) in [5.41, 5.74) is 8.16. The molecule has 1 saturated carbocycles. The largest absolute Gasteiger partial charge is 0.447 e. The van der Waals surface area contributed by atoms with Crippen LogP contribution in [0.3, 0.4) is 0 Å². The molecular formula is C53H85N7O17S. The Labute approximate surface area is 463 Å². The van der Waals surface area contributed by atoms with Crippen molar-refractivity contribution in [3.05, 3.63) is 41.5 Å². The minimum atomic E-state index is -0.623. The second-order valence-corrected chi connectivity index (χ2v) is 19.5. The van der Waals surface area contributed by atoms with Crippen molar-refractivity contribution in [1.82, 2.24) is 24.9 Å². The first kappa shape index (κ1) is 65.9. The number of aliphatic imine (C=N–C) groups is 1. The summed E-state index contributed by atoms with van der Waals surface area (Å²) in [4.78, 5) is 74.3. The smallest absolute Gasteiger partial charge is 0.407 e. The highest BCUT2D eigenvalue weighted by atomic mass is 32.2. The highest BCUT2D eigenvalue weighted by Gasteiger charge is 2.31. The summed E-state index contributed by atoms with van der Waals surface area (Å²) < 4.78 is 62.3. The summed E-state index contributed by atoms with van der Waals surface area (Å²) >= 11 is 1.57. The maximum absolute atomic E-state index is 13.5. The van der Waals surface area contributed by atoms with Gasteiger partial charge in [0.25, 0.3) is 17.7 Å². The first-order chi connectivity index (χ1) is 38.0. The van der Waals surface area contributed by atoms with Crippen molar-refractivity contribution in [1.29, 1.82) is 0 Å². The molecule has 0 spiro atoms. The van der Waals surface area contributed by atoms with Gasteiger partial charge in [0, 0.05) is 66.7 Å². The van der Waals surface area contributed by atoms with Gasteiger partial charge in [-0.05, 0) is 82.3 Å². The Morgan fingerprint density at radius 3 is 1.62 bits per heavy atom. The van der Waals surface area contributed by atoms with Crippen molar-refractivity contribution >= 4 is 59.3 Å². The molecule has 1 fully saturated rings. The van der Waals surface area contributed by atoms with Crippen LogP contribution in [-0.2, 0) is 76.1 Å². The van der Waals surface area contributed by atoms with E-state index in [-0.39, 0.29) is 68.3 Å². The van der Waals surface area contributed by atoms with Gasteiger partial charge >= 0.3 is 6.09 Å². The van der Waals surface area contributed by atoms with Gasteiger partial charge in [-0.1, -0.05) is 13.0 Å². The first-order valence-corrected chi connectivity index (χ1v) is 27.8. The number of nitrogens with zero attached hydrogens (tertiary/aromatic N) is 4. The number of ether oxygens (including phenoxy) is 11. The second kappa shape index (κ2) is 41.4. The molecule has 24 nitrogen and oxygen atoms in total. The highest BCUT2D eigenvalue weighted by molar-refractivity contribution is 7.97. The number of rotatable bonds is 45. The fraction of sp³-hybridized carbons (Fsp3) is 0.698. The summed E-state index contributed by atoms with van der Waals surface area (Å²) in [7, 11) is 3.92. The van der Waals surface area contributed by atoms with E-state index in [9.17, 15) is 24.0 Å². The van der Waals surface area contributed by atoms with Crippen LogP contribution in [0, 0.1) is 11.8 Å². The van der Waals surface area contributed by atoms with Crippen LogP contribution in [0.1, 0.15) is 51.0 Å². The van der Waals surface area contributed by atoms with Gasteiger partial charge in [-0.15, -0.1) is 0 Å². The summed E-state index contributed by atoms with van der Waals surface area (Å²) in [6.45, 7) is 11.7. The summed E-state index contributed by atoms with van der Waals surface area (Å²) in [5.74, 6) is -0.270. The number of alkyl carbamates (subject to hydrolysis) is 1. The fourth-order valence-corrected chi connectivity index (χ4v) is 8.58. The van der Waals surface area contributed by atoms with Crippen LogP contribution in [0.15, 0.2) is 45.8 Å². The molecule has 25 heteroatoms. The average Bonchev–Trinajstić information content (AvgIpc) is 3.67. The van der Waals surface area contributed by atoms with Crippen molar-refractivity contribution in [3.63, 3.8) is 0 Å². The number of carbonyl (C=O) groups excluding carboxylic acids is 5. The SMILES string of the molecule is CCCN(OCCNC(=O)OCCOCCOCCOCCOCCOCCOCCOCCOCCOCCOCCNC(=O)C1CCC(CN2C(=O)C=CC2=O)CC1)C(=O)C1=Cc2ccc(SN(C)C)cc2N=C(N)C1. The van der Waals surface area contributed by atoms with Gasteiger partial charge in [0.1, 0.15) is 12.4 Å². The van der Waals surface area contributed by atoms with Crippen molar-refractivity contribution in [2.45, 2.75) is 50.3 Å². The Hall–Kier alpha value is -4.61. The van der Waals surface area contributed by atoms with Gasteiger partial charge < -0.3 is 68.5 Å². The number of imide groups is 1. The zero-order valence-corrected chi connectivity index (χ0v) is 46.8. The number of hydroxylamine groups is 2. The van der Waals surface area contributed by atoms with Gasteiger partial charge in [0.15, 0.2) is 0 Å². The Kier molecular flexibility index (Phi) is 35.0. The normalized spacial score (nSPS) is 16.3. The van der Waals surface area contributed by atoms with E-state index < -0.39 is 6.09 Å². The quantitative estimate of drug-likeness (QED) is 0.0367. The molecule has 440 valence electrons. The third kappa shape index (κ3) is 29.0. The molecule has 78 heavy (non-hydrogen) atoms. The van der Waals surface area contributed by atoms with Gasteiger partial charge in [-0.2, -0.15) is 0 Å². The number of hydrogen-bond acceptors (Lipinski definition) is 21. The molecule has 2 heterocycles. The number of nitrogens with two attached hydrogens (primary N) is 1. The van der Waals surface area contributed by atoms with Crippen molar-refractivity contribution in [3.8, 4) is 0 Å². The molecule has 0 bridgehead atoms. The number of nitrogens with one attached hydrogen (secondary N) is 2. The molecule has 1 aliphatic carbocycles. The first-order valence-electron chi connectivity index (χ1n) is 27.0. The van der Waals surface area contributed by atoms with Crippen molar-refractivity contribution in [2.24, 2.45) is 22.6 Å². The minimum absolute atomic E-state index is 0.0247. The van der Waals surface area contributed by atoms with Crippen LogP contribution >= 0.6 is 11.9 Å². The van der Waals surface area contributed by atoms with E-state index in [4.69, 9.17) is 62.7 Å². The predicted octanol–water partition coefficient (Wildman–Crippen LogP) is 2.94. The van der Waals surface area contributed by atoms with Crippen molar-refractivity contribution < 1.29 is 80.9 Å². The number of amides is 5. The van der Waals surface area contributed by atoms with Crippen molar-refractivity contribution in [2.75, 3.05) is 186 Å². The summed E-state index contributed by atoms with van der Waals surface area (Å²) in [6, 6.07) is 5.84. The van der Waals surface area contributed by atoms with Gasteiger partial charge in [0.05, 0.1) is 144 Å². The van der Waals surface area contributed by atoms with Crippen LogP contribution in [0.5, 0.6) is 0 Å². The Morgan fingerprint density at radius 2 is 1.13 bits per heavy atom. The Balaban J connectivity index is 0.803. The molecule has 4 rings (SSSR count). The lowest BCUT2D eigenvalue weighted by Gasteiger charge is -2.30.